The molecule has 0 spiro atoms. The molecule has 32 heavy (non-hydrogen) atoms. The van der Waals surface area contributed by atoms with Gasteiger partial charge in [-0.15, -0.1) is 0 Å². The second-order valence-electron chi connectivity index (χ2n) is 8.29. The minimum absolute atomic E-state index is 0.835. The van der Waals surface area contributed by atoms with Crippen molar-refractivity contribution in [3.05, 3.63) is 72.8 Å². The SMILES string of the molecule is COc1cc2c(cc1-c1cc3c4ccccc4n(C)c3cc1OC)c1ccccc1n2C. The molecule has 6 aromatic rings. The lowest BCUT2D eigenvalue weighted by Gasteiger charge is -2.14. The van der Waals surface area contributed by atoms with Gasteiger partial charge in [-0.25, -0.2) is 0 Å². The highest BCUT2D eigenvalue weighted by molar-refractivity contribution is 6.13. The van der Waals surface area contributed by atoms with Crippen molar-refractivity contribution in [2.24, 2.45) is 14.1 Å². The fourth-order valence-corrected chi connectivity index (χ4v) is 5.13. The van der Waals surface area contributed by atoms with Crippen LogP contribution in [0, 0.1) is 0 Å². The fraction of sp³-hybridized carbons (Fsp3) is 0.143. The van der Waals surface area contributed by atoms with Gasteiger partial charge in [-0.1, -0.05) is 36.4 Å². The van der Waals surface area contributed by atoms with E-state index >= 15 is 0 Å². The molecule has 2 aromatic heterocycles. The lowest BCUT2D eigenvalue weighted by atomic mass is 9.98. The van der Waals surface area contributed by atoms with Crippen LogP contribution >= 0.6 is 0 Å². The van der Waals surface area contributed by atoms with Crippen LogP contribution in [0.25, 0.3) is 54.7 Å². The number of aryl methyl sites for hydroxylation is 2. The molecule has 4 heteroatoms. The molecule has 0 aliphatic heterocycles. The normalized spacial score (nSPS) is 11.8. The van der Waals surface area contributed by atoms with Crippen molar-refractivity contribution in [1.82, 2.24) is 9.13 Å². The first-order valence-corrected chi connectivity index (χ1v) is 10.7. The van der Waals surface area contributed by atoms with Crippen LogP contribution in [0.15, 0.2) is 72.8 Å². The number of nitrogens with zero attached hydrogens (tertiary/aromatic N) is 2. The number of rotatable bonds is 3. The van der Waals surface area contributed by atoms with Gasteiger partial charge in [0.15, 0.2) is 0 Å². The molecule has 0 saturated carbocycles. The van der Waals surface area contributed by atoms with E-state index in [0.29, 0.717) is 0 Å². The molecule has 0 bridgehead atoms. The highest BCUT2D eigenvalue weighted by atomic mass is 16.5. The standard InChI is InChI=1S/C28H24N2O2/c1-29-23-11-7-5-9-17(23)19-13-21(27(31-3)15-25(19)29)22-14-20-18-10-6-8-12-24(18)30(2)26(20)16-28(22)32-4/h5-16H,1-4H3. The van der Waals surface area contributed by atoms with Crippen LogP contribution in [0.2, 0.25) is 0 Å². The minimum atomic E-state index is 0.835. The van der Waals surface area contributed by atoms with E-state index in [-0.39, 0.29) is 0 Å². The maximum atomic E-state index is 5.89. The van der Waals surface area contributed by atoms with Gasteiger partial charge >= 0.3 is 0 Å². The number of aromatic nitrogens is 2. The average molecular weight is 421 g/mol. The van der Waals surface area contributed by atoms with Gasteiger partial charge < -0.3 is 18.6 Å². The number of hydrogen-bond donors (Lipinski definition) is 0. The van der Waals surface area contributed by atoms with Gasteiger partial charge in [-0.05, 0) is 24.3 Å². The van der Waals surface area contributed by atoms with Gasteiger partial charge in [0.05, 0.1) is 25.3 Å². The van der Waals surface area contributed by atoms with Crippen LogP contribution in [0.4, 0.5) is 0 Å². The van der Waals surface area contributed by atoms with Gasteiger partial charge in [0.2, 0.25) is 0 Å². The molecule has 4 aromatic carbocycles. The third-order valence-electron chi connectivity index (χ3n) is 6.76. The number of benzene rings is 4. The number of fused-ring (bicyclic) bond motifs is 6. The Bertz CT molecular complexity index is 1540. The van der Waals surface area contributed by atoms with Gasteiger partial charge in [-0.2, -0.15) is 0 Å². The Morgan fingerprint density at radius 2 is 0.906 bits per heavy atom. The molecule has 0 N–H and O–H groups in total. The predicted molar refractivity (Wildman–Crippen MR) is 133 cm³/mol. The molecule has 0 radical (unpaired) electrons. The van der Waals surface area contributed by atoms with Crippen molar-refractivity contribution in [3.8, 4) is 22.6 Å². The Labute approximate surface area is 186 Å². The summed E-state index contributed by atoms with van der Waals surface area (Å²) in [6.45, 7) is 0. The molecule has 0 aliphatic carbocycles. The second kappa shape index (κ2) is 6.79. The molecule has 158 valence electrons. The summed E-state index contributed by atoms with van der Waals surface area (Å²) < 4.78 is 16.2. The zero-order chi connectivity index (χ0) is 22.0. The molecule has 0 atom stereocenters. The summed E-state index contributed by atoms with van der Waals surface area (Å²) in [5, 5.41) is 4.89. The lowest BCUT2D eigenvalue weighted by Crippen LogP contribution is -1.94. The van der Waals surface area contributed by atoms with Crippen LogP contribution in [0.5, 0.6) is 11.5 Å². The maximum Gasteiger partial charge on any atom is 0.128 e. The predicted octanol–water partition coefficient (Wildman–Crippen LogP) is 6.66. The Morgan fingerprint density at radius 3 is 1.31 bits per heavy atom. The largest absolute Gasteiger partial charge is 0.496 e. The zero-order valence-electron chi connectivity index (χ0n) is 18.6. The molecular weight excluding hydrogens is 396 g/mol. The van der Waals surface area contributed by atoms with E-state index in [0.717, 1.165) is 33.7 Å². The van der Waals surface area contributed by atoms with Gasteiger partial charge in [0, 0.05) is 69.9 Å². The first-order valence-electron chi connectivity index (χ1n) is 10.7. The molecule has 0 aliphatic rings. The van der Waals surface area contributed by atoms with Crippen molar-refractivity contribution in [1.29, 1.82) is 0 Å². The molecular formula is C28H24N2O2. The Balaban J connectivity index is 1.73. The third kappa shape index (κ3) is 2.43. The van der Waals surface area contributed by atoms with E-state index in [1.54, 1.807) is 14.2 Å². The van der Waals surface area contributed by atoms with Crippen LogP contribution in [-0.4, -0.2) is 23.4 Å². The first-order chi connectivity index (χ1) is 15.6. The van der Waals surface area contributed by atoms with Gasteiger partial charge in [0.1, 0.15) is 11.5 Å². The third-order valence-corrected chi connectivity index (χ3v) is 6.76. The summed E-state index contributed by atoms with van der Waals surface area (Å²) in [5.74, 6) is 1.67. The highest BCUT2D eigenvalue weighted by Crippen LogP contribution is 2.44. The quantitative estimate of drug-likeness (QED) is 0.320. The number of methoxy groups -OCH3 is 2. The summed E-state index contributed by atoms with van der Waals surface area (Å²) in [5.41, 5.74) is 6.77. The summed E-state index contributed by atoms with van der Waals surface area (Å²) in [4.78, 5) is 0. The average Bonchev–Trinajstić information content (AvgIpc) is 3.28. The Morgan fingerprint density at radius 1 is 0.500 bits per heavy atom. The monoisotopic (exact) mass is 420 g/mol. The van der Waals surface area contributed by atoms with Crippen molar-refractivity contribution in [2.45, 2.75) is 0 Å². The number of hydrogen-bond acceptors (Lipinski definition) is 2. The van der Waals surface area contributed by atoms with E-state index < -0.39 is 0 Å². The molecule has 0 fully saturated rings. The molecule has 0 amide bonds. The number of ether oxygens (including phenoxy) is 2. The van der Waals surface area contributed by atoms with Crippen molar-refractivity contribution >= 4 is 43.6 Å². The van der Waals surface area contributed by atoms with Crippen molar-refractivity contribution < 1.29 is 9.47 Å². The zero-order valence-corrected chi connectivity index (χ0v) is 18.6. The van der Waals surface area contributed by atoms with Gasteiger partial charge in [-0.3, -0.25) is 0 Å². The first kappa shape index (κ1) is 18.8. The van der Waals surface area contributed by atoms with Crippen LogP contribution in [-0.2, 0) is 14.1 Å². The molecule has 4 nitrogen and oxygen atoms in total. The maximum absolute atomic E-state index is 5.89. The van der Waals surface area contributed by atoms with E-state index in [4.69, 9.17) is 9.47 Å². The van der Waals surface area contributed by atoms with Crippen molar-refractivity contribution in [3.63, 3.8) is 0 Å². The highest BCUT2D eigenvalue weighted by Gasteiger charge is 2.19. The Hall–Kier alpha value is -3.92. The summed E-state index contributed by atoms with van der Waals surface area (Å²) in [6, 6.07) is 25.8. The van der Waals surface area contributed by atoms with E-state index in [2.05, 4.69) is 96.0 Å². The topological polar surface area (TPSA) is 28.3 Å². The lowest BCUT2D eigenvalue weighted by molar-refractivity contribution is 0.411. The number of para-hydroxylation sites is 2. The van der Waals surface area contributed by atoms with E-state index in [1.165, 1.54) is 32.6 Å². The van der Waals surface area contributed by atoms with Crippen LogP contribution < -0.4 is 9.47 Å². The molecule has 0 unspecified atom stereocenters. The second-order valence-corrected chi connectivity index (χ2v) is 8.29. The van der Waals surface area contributed by atoms with Crippen LogP contribution in [0.3, 0.4) is 0 Å². The molecule has 0 saturated heterocycles. The summed E-state index contributed by atoms with van der Waals surface area (Å²) >= 11 is 0. The molecule has 2 heterocycles. The summed E-state index contributed by atoms with van der Waals surface area (Å²) in [7, 11) is 7.67. The smallest absolute Gasteiger partial charge is 0.128 e. The van der Waals surface area contributed by atoms with E-state index in [9.17, 15) is 0 Å². The Kier molecular flexibility index (Phi) is 3.99. The summed E-state index contributed by atoms with van der Waals surface area (Å²) in [6.07, 6.45) is 0. The minimum Gasteiger partial charge on any atom is -0.496 e. The van der Waals surface area contributed by atoms with Crippen LogP contribution in [0.1, 0.15) is 0 Å². The van der Waals surface area contributed by atoms with E-state index in [1.807, 2.05) is 0 Å². The fourth-order valence-electron chi connectivity index (χ4n) is 5.13. The molecule has 6 rings (SSSR count). The van der Waals surface area contributed by atoms with Gasteiger partial charge in [0.25, 0.3) is 0 Å². The van der Waals surface area contributed by atoms with Crippen molar-refractivity contribution in [2.75, 3.05) is 14.2 Å².